The molecule has 0 bridgehead atoms. The van der Waals surface area contributed by atoms with Crippen LogP contribution in [-0.2, 0) is 6.42 Å². The molecule has 180 valence electrons. The summed E-state index contributed by atoms with van der Waals surface area (Å²) in [5.74, 6) is 1.40. The molecule has 3 aromatic rings. The summed E-state index contributed by atoms with van der Waals surface area (Å²) < 4.78 is 11.6. The molecular formula is C26H28Cl2N2O3S. The molecule has 1 saturated heterocycles. The third-order valence-corrected chi connectivity index (χ3v) is 7.77. The first-order chi connectivity index (χ1) is 16.1. The van der Waals surface area contributed by atoms with E-state index in [1.54, 1.807) is 18.4 Å². The van der Waals surface area contributed by atoms with Crippen LogP contribution in [0.15, 0.2) is 48.5 Å². The predicted molar refractivity (Wildman–Crippen MR) is 142 cm³/mol. The molecule has 2 aromatic carbocycles. The molecule has 1 aromatic heterocycles. The van der Waals surface area contributed by atoms with E-state index >= 15 is 0 Å². The van der Waals surface area contributed by atoms with Gasteiger partial charge in [-0.15, -0.1) is 23.7 Å². The molecule has 34 heavy (non-hydrogen) atoms. The first kappa shape index (κ1) is 24.9. The number of halogens is 2. The molecule has 0 unspecified atom stereocenters. The fourth-order valence-electron chi connectivity index (χ4n) is 4.49. The van der Waals surface area contributed by atoms with Gasteiger partial charge in [0.05, 0.1) is 12.0 Å². The predicted octanol–water partition coefficient (Wildman–Crippen LogP) is 6.18. The van der Waals surface area contributed by atoms with E-state index < -0.39 is 0 Å². The van der Waals surface area contributed by atoms with Crippen molar-refractivity contribution in [1.29, 1.82) is 0 Å². The highest BCUT2D eigenvalue weighted by Gasteiger charge is 2.29. The van der Waals surface area contributed by atoms with Gasteiger partial charge in [0.15, 0.2) is 11.5 Å². The van der Waals surface area contributed by atoms with Crippen LogP contribution < -0.4 is 14.4 Å². The maximum Gasteiger partial charge on any atom is 0.268 e. The number of fused-ring (bicyclic) bond motifs is 1. The van der Waals surface area contributed by atoms with Gasteiger partial charge in [-0.05, 0) is 73.8 Å². The minimum absolute atomic E-state index is 0. The number of anilines is 1. The van der Waals surface area contributed by atoms with Crippen LogP contribution in [0.4, 0.5) is 5.69 Å². The number of carbonyl (C=O) groups is 1. The zero-order chi connectivity index (χ0) is 22.8. The first-order valence-electron chi connectivity index (χ1n) is 11.4. The number of hydrogen-bond acceptors (Lipinski definition) is 5. The van der Waals surface area contributed by atoms with Crippen LogP contribution in [0.5, 0.6) is 11.5 Å². The topological polar surface area (TPSA) is 42.0 Å². The summed E-state index contributed by atoms with van der Waals surface area (Å²) in [4.78, 5) is 19.5. The number of amides is 1. The van der Waals surface area contributed by atoms with Gasteiger partial charge in [-0.3, -0.25) is 9.69 Å². The lowest BCUT2D eigenvalue weighted by atomic mass is 10.1. The Balaban J connectivity index is 0.00000274. The lowest BCUT2D eigenvalue weighted by Crippen LogP contribution is -2.36. The van der Waals surface area contributed by atoms with Crippen molar-refractivity contribution >= 4 is 46.9 Å². The molecule has 1 amide bonds. The normalized spacial score (nSPS) is 15.7. The number of carbonyl (C=O) groups excluding carboxylic acids is 1. The maximum atomic E-state index is 13.4. The molecule has 0 N–H and O–H groups in total. The Labute approximate surface area is 215 Å². The second kappa shape index (κ2) is 11.0. The van der Waals surface area contributed by atoms with Gasteiger partial charge in [0.25, 0.3) is 5.91 Å². The summed E-state index contributed by atoms with van der Waals surface area (Å²) in [6.07, 6.45) is 3.37. The molecular weight excluding hydrogens is 491 g/mol. The molecule has 2 aliphatic heterocycles. The second-order valence-corrected chi connectivity index (χ2v) is 9.90. The monoisotopic (exact) mass is 518 g/mol. The Bertz CT molecular complexity index is 1140. The number of methoxy groups -OCH3 is 1. The van der Waals surface area contributed by atoms with E-state index in [2.05, 4.69) is 11.0 Å². The molecule has 0 saturated carbocycles. The molecule has 0 aliphatic carbocycles. The van der Waals surface area contributed by atoms with Gasteiger partial charge in [0.2, 0.25) is 0 Å². The number of rotatable bonds is 7. The van der Waals surface area contributed by atoms with Crippen LogP contribution in [0.1, 0.15) is 28.1 Å². The van der Waals surface area contributed by atoms with E-state index in [1.807, 2.05) is 47.4 Å². The highest BCUT2D eigenvalue weighted by atomic mass is 35.5. The number of likely N-dealkylation sites (tertiary alicyclic amines) is 1. The number of hydrogen-bond donors (Lipinski definition) is 0. The van der Waals surface area contributed by atoms with Gasteiger partial charge < -0.3 is 14.4 Å². The maximum absolute atomic E-state index is 13.4. The smallest absolute Gasteiger partial charge is 0.268 e. The van der Waals surface area contributed by atoms with Crippen molar-refractivity contribution in [2.24, 2.45) is 0 Å². The zero-order valence-electron chi connectivity index (χ0n) is 19.1. The summed E-state index contributed by atoms with van der Waals surface area (Å²) in [5, 5.41) is 0.708. The van der Waals surface area contributed by atoms with Crippen molar-refractivity contribution in [2.45, 2.75) is 19.3 Å². The first-order valence-corrected chi connectivity index (χ1v) is 12.6. The van der Waals surface area contributed by atoms with Gasteiger partial charge in [-0.2, -0.15) is 0 Å². The van der Waals surface area contributed by atoms with Crippen LogP contribution in [-0.4, -0.2) is 50.7 Å². The van der Waals surface area contributed by atoms with E-state index in [0.717, 1.165) is 52.6 Å². The van der Waals surface area contributed by atoms with E-state index in [-0.39, 0.29) is 18.3 Å². The van der Waals surface area contributed by atoms with Crippen molar-refractivity contribution in [3.63, 3.8) is 0 Å². The van der Waals surface area contributed by atoms with E-state index in [1.165, 1.54) is 12.8 Å². The van der Waals surface area contributed by atoms with Crippen LogP contribution in [0, 0.1) is 0 Å². The lowest BCUT2D eigenvalue weighted by Gasteiger charge is -2.27. The van der Waals surface area contributed by atoms with Crippen molar-refractivity contribution in [1.82, 2.24) is 4.90 Å². The average Bonchev–Trinajstić information content (AvgIpc) is 3.51. The van der Waals surface area contributed by atoms with Crippen molar-refractivity contribution in [3.8, 4) is 21.9 Å². The van der Waals surface area contributed by atoms with Gasteiger partial charge in [-0.25, -0.2) is 0 Å². The number of ether oxygens (including phenoxy) is 2. The molecule has 0 radical (unpaired) electrons. The molecule has 3 heterocycles. The molecule has 0 atom stereocenters. The molecule has 5 nitrogen and oxygen atoms in total. The minimum Gasteiger partial charge on any atom is -0.493 e. The van der Waals surface area contributed by atoms with Crippen molar-refractivity contribution in [3.05, 3.63) is 64.0 Å². The Kier molecular flexibility index (Phi) is 8.04. The standard InChI is InChI=1S/C26H27ClN2O3S.ClH/c1-31-23-17-21(8-9-22(23)32-15-14-28-11-2-3-12-28)29-13-10-19-16-24(33-25(19)26(29)30)18-4-6-20(27)7-5-18;/h4-9,16-17H,2-3,10-15H2,1H3;1H. The number of thiophene rings is 1. The van der Waals surface area contributed by atoms with E-state index in [0.29, 0.717) is 29.7 Å². The summed E-state index contributed by atoms with van der Waals surface area (Å²) in [6, 6.07) is 15.6. The fourth-order valence-corrected chi connectivity index (χ4v) is 5.78. The van der Waals surface area contributed by atoms with Gasteiger partial charge in [0, 0.05) is 34.7 Å². The highest BCUT2D eigenvalue weighted by molar-refractivity contribution is 7.17. The lowest BCUT2D eigenvalue weighted by molar-refractivity contribution is 0.0985. The quantitative estimate of drug-likeness (QED) is 0.374. The summed E-state index contributed by atoms with van der Waals surface area (Å²) in [6.45, 7) is 4.50. The number of nitrogens with zero attached hydrogens (tertiary/aromatic N) is 2. The summed E-state index contributed by atoms with van der Waals surface area (Å²) in [7, 11) is 1.64. The van der Waals surface area contributed by atoms with Crippen molar-refractivity contribution < 1.29 is 14.3 Å². The highest BCUT2D eigenvalue weighted by Crippen LogP contribution is 2.38. The summed E-state index contributed by atoms with van der Waals surface area (Å²) >= 11 is 7.57. The third kappa shape index (κ3) is 5.20. The molecule has 1 fully saturated rings. The zero-order valence-corrected chi connectivity index (χ0v) is 21.5. The Hall–Kier alpha value is -2.25. The summed E-state index contributed by atoms with van der Waals surface area (Å²) in [5.41, 5.74) is 3.02. The van der Waals surface area contributed by atoms with Gasteiger partial charge in [-0.1, -0.05) is 23.7 Å². The van der Waals surface area contributed by atoms with Crippen LogP contribution in [0.2, 0.25) is 5.02 Å². The van der Waals surface area contributed by atoms with Crippen molar-refractivity contribution in [2.75, 3.05) is 44.8 Å². The van der Waals surface area contributed by atoms with Crippen LogP contribution >= 0.6 is 35.3 Å². The number of benzene rings is 2. The SMILES string of the molecule is COc1cc(N2CCc3cc(-c4ccc(Cl)cc4)sc3C2=O)ccc1OCCN1CCCC1.Cl. The van der Waals surface area contributed by atoms with Crippen LogP contribution in [0.25, 0.3) is 10.4 Å². The second-order valence-electron chi connectivity index (χ2n) is 8.41. The largest absolute Gasteiger partial charge is 0.493 e. The Morgan fingerprint density at radius 1 is 1.00 bits per heavy atom. The molecule has 2 aliphatic rings. The van der Waals surface area contributed by atoms with E-state index in [4.69, 9.17) is 21.1 Å². The fraction of sp³-hybridized carbons (Fsp3) is 0.346. The molecule has 5 rings (SSSR count). The van der Waals surface area contributed by atoms with Crippen LogP contribution in [0.3, 0.4) is 0 Å². The van der Waals surface area contributed by atoms with E-state index in [9.17, 15) is 4.79 Å². The van der Waals surface area contributed by atoms with Gasteiger partial charge in [0.1, 0.15) is 6.61 Å². The average molecular weight is 519 g/mol. The molecule has 8 heteroatoms. The molecule has 0 spiro atoms. The third-order valence-electron chi connectivity index (χ3n) is 6.30. The minimum atomic E-state index is 0. The Morgan fingerprint density at radius 2 is 1.76 bits per heavy atom. The van der Waals surface area contributed by atoms with Gasteiger partial charge >= 0.3 is 0 Å². The Morgan fingerprint density at radius 3 is 2.50 bits per heavy atom.